The standard InChI is InChI=1S/C19H34N2/c1-6-14(3)8-9-17-10-11-18(12-19(20)16(17)5)15(4)13-21-7-2/h6,18-19,21H,4,7-13,20H2,1-3,5H3/b14-6-. The molecule has 0 saturated heterocycles. The van der Waals surface area contributed by atoms with Crippen LogP contribution in [0.4, 0.5) is 0 Å². The second-order valence-corrected chi connectivity index (χ2v) is 6.44. The molecular weight excluding hydrogens is 256 g/mol. The minimum Gasteiger partial charge on any atom is -0.324 e. The van der Waals surface area contributed by atoms with Crippen molar-refractivity contribution in [3.05, 3.63) is 34.9 Å². The Bertz CT molecular complexity index is 404. The van der Waals surface area contributed by atoms with Crippen molar-refractivity contribution >= 4 is 0 Å². The smallest absolute Gasteiger partial charge is 0.0259 e. The van der Waals surface area contributed by atoms with Crippen LogP contribution in [0, 0.1) is 5.92 Å². The Kier molecular flexibility index (Phi) is 7.98. The van der Waals surface area contributed by atoms with Crippen molar-refractivity contribution in [2.45, 2.75) is 65.8 Å². The van der Waals surface area contributed by atoms with Crippen molar-refractivity contribution in [2.75, 3.05) is 13.1 Å². The number of nitrogens with two attached hydrogens (primary N) is 1. The second kappa shape index (κ2) is 9.22. The molecule has 0 bridgehead atoms. The molecule has 0 aliphatic heterocycles. The lowest BCUT2D eigenvalue weighted by Gasteiger charge is -2.21. The maximum atomic E-state index is 6.43. The maximum Gasteiger partial charge on any atom is 0.0259 e. The summed E-state index contributed by atoms with van der Waals surface area (Å²) in [4.78, 5) is 0. The lowest BCUT2D eigenvalue weighted by atomic mass is 9.90. The van der Waals surface area contributed by atoms with E-state index in [0.717, 1.165) is 19.5 Å². The van der Waals surface area contributed by atoms with E-state index in [4.69, 9.17) is 5.73 Å². The summed E-state index contributed by atoms with van der Waals surface area (Å²) >= 11 is 0. The van der Waals surface area contributed by atoms with Gasteiger partial charge in [0.05, 0.1) is 0 Å². The summed E-state index contributed by atoms with van der Waals surface area (Å²) in [5, 5.41) is 3.39. The van der Waals surface area contributed by atoms with Gasteiger partial charge in [0.15, 0.2) is 0 Å². The third-order valence-corrected chi connectivity index (χ3v) is 4.94. The number of likely N-dealkylation sites (N-methyl/N-ethyl adjacent to an activating group) is 1. The first kappa shape index (κ1) is 18.2. The number of rotatable bonds is 7. The summed E-state index contributed by atoms with van der Waals surface area (Å²) in [6.07, 6.45) is 8.00. The average molecular weight is 290 g/mol. The van der Waals surface area contributed by atoms with Gasteiger partial charge in [-0.05, 0) is 65.3 Å². The van der Waals surface area contributed by atoms with Crippen LogP contribution in [-0.4, -0.2) is 19.1 Å². The van der Waals surface area contributed by atoms with Crippen molar-refractivity contribution in [3.63, 3.8) is 0 Å². The molecule has 0 amide bonds. The highest BCUT2D eigenvalue weighted by Gasteiger charge is 2.23. The molecule has 2 atom stereocenters. The molecule has 2 heteroatoms. The van der Waals surface area contributed by atoms with Crippen LogP contribution < -0.4 is 11.1 Å². The molecule has 0 heterocycles. The van der Waals surface area contributed by atoms with Crippen LogP contribution in [0.3, 0.4) is 0 Å². The number of hydrogen-bond donors (Lipinski definition) is 2. The van der Waals surface area contributed by atoms with E-state index >= 15 is 0 Å². The molecule has 21 heavy (non-hydrogen) atoms. The van der Waals surface area contributed by atoms with E-state index in [9.17, 15) is 0 Å². The lowest BCUT2D eigenvalue weighted by Crippen LogP contribution is -2.27. The van der Waals surface area contributed by atoms with Crippen LogP contribution in [0.5, 0.6) is 0 Å². The van der Waals surface area contributed by atoms with Gasteiger partial charge < -0.3 is 11.1 Å². The van der Waals surface area contributed by atoms with Gasteiger partial charge in [-0.2, -0.15) is 0 Å². The minimum absolute atomic E-state index is 0.205. The van der Waals surface area contributed by atoms with Crippen LogP contribution in [0.2, 0.25) is 0 Å². The molecule has 0 spiro atoms. The first-order chi connectivity index (χ1) is 9.99. The molecule has 0 fully saturated rings. The van der Waals surface area contributed by atoms with Crippen LogP contribution in [0.15, 0.2) is 34.9 Å². The Morgan fingerprint density at radius 3 is 2.81 bits per heavy atom. The number of nitrogens with one attached hydrogen (secondary N) is 1. The molecule has 1 aliphatic rings. The van der Waals surface area contributed by atoms with Crippen molar-refractivity contribution in [1.29, 1.82) is 0 Å². The van der Waals surface area contributed by atoms with Gasteiger partial charge in [0, 0.05) is 12.6 Å². The largest absolute Gasteiger partial charge is 0.324 e. The highest BCUT2D eigenvalue weighted by molar-refractivity contribution is 5.23. The van der Waals surface area contributed by atoms with E-state index in [-0.39, 0.29) is 6.04 Å². The average Bonchev–Trinajstić information content (AvgIpc) is 2.62. The van der Waals surface area contributed by atoms with Gasteiger partial charge in [0.1, 0.15) is 0 Å². The molecule has 120 valence electrons. The zero-order chi connectivity index (χ0) is 15.8. The molecule has 0 saturated carbocycles. The van der Waals surface area contributed by atoms with Crippen molar-refractivity contribution in [1.82, 2.24) is 5.32 Å². The van der Waals surface area contributed by atoms with Gasteiger partial charge in [0.25, 0.3) is 0 Å². The summed E-state index contributed by atoms with van der Waals surface area (Å²) in [6, 6.07) is 0.205. The van der Waals surface area contributed by atoms with Gasteiger partial charge >= 0.3 is 0 Å². The van der Waals surface area contributed by atoms with Crippen molar-refractivity contribution < 1.29 is 0 Å². The summed E-state index contributed by atoms with van der Waals surface area (Å²) in [7, 11) is 0. The van der Waals surface area contributed by atoms with Crippen LogP contribution in [0.1, 0.15) is 59.8 Å². The molecule has 0 aromatic carbocycles. The summed E-state index contributed by atoms with van der Waals surface area (Å²) in [5.41, 5.74) is 12.2. The topological polar surface area (TPSA) is 38.0 Å². The van der Waals surface area contributed by atoms with Gasteiger partial charge in [-0.3, -0.25) is 0 Å². The molecule has 0 aromatic rings. The zero-order valence-electron chi connectivity index (χ0n) is 14.5. The van der Waals surface area contributed by atoms with Crippen LogP contribution in [0.25, 0.3) is 0 Å². The van der Waals surface area contributed by atoms with Gasteiger partial charge in [-0.1, -0.05) is 41.9 Å². The Morgan fingerprint density at radius 1 is 1.48 bits per heavy atom. The molecule has 0 aromatic heterocycles. The summed E-state index contributed by atoms with van der Waals surface area (Å²) in [5.74, 6) is 0.564. The Morgan fingerprint density at radius 2 is 2.19 bits per heavy atom. The molecular formula is C19H34N2. The predicted molar refractivity (Wildman–Crippen MR) is 94.4 cm³/mol. The van der Waals surface area contributed by atoms with E-state index in [1.54, 1.807) is 5.57 Å². The first-order valence-electron chi connectivity index (χ1n) is 8.43. The molecule has 2 nitrogen and oxygen atoms in total. The van der Waals surface area contributed by atoms with E-state index in [1.807, 2.05) is 0 Å². The van der Waals surface area contributed by atoms with E-state index in [0.29, 0.717) is 5.92 Å². The highest BCUT2D eigenvalue weighted by atomic mass is 14.8. The second-order valence-electron chi connectivity index (χ2n) is 6.44. The van der Waals surface area contributed by atoms with Crippen LogP contribution >= 0.6 is 0 Å². The number of hydrogen-bond acceptors (Lipinski definition) is 2. The van der Waals surface area contributed by atoms with Crippen LogP contribution in [-0.2, 0) is 0 Å². The monoisotopic (exact) mass is 290 g/mol. The Hall–Kier alpha value is -0.860. The van der Waals surface area contributed by atoms with Crippen molar-refractivity contribution in [2.24, 2.45) is 11.7 Å². The molecule has 1 aliphatic carbocycles. The predicted octanol–water partition coefficient (Wildman–Crippen LogP) is 4.34. The van der Waals surface area contributed by atoms with Gasteiger partial charge in [-0.25, -0.2) is 0 Å². The summed E-state index contributed by atoms with van der Waals surface area (Å²) < 4.78 is 0. The quantitative estimate of drug-likeness (QED) is 0.684. The molecule has 1 rings (SSSR count). The minimum atomic E-state index is 0.205. The molecule has 3 N–H and O–H groups in total. The summed E-state index contributed by atoms with van der Waals surface area (Å²) in [6.45, 7) is 14.9. The van der Waals surface area contributed by atoms with Gasteiger partial charge in [0.2, 0.25) is 0 Å². The maximum absolute atomic E-state index is 6.43. The Balaban J connectivity index is 2.65. The third-order valence-electron chi connectivity index (χ3n) is 4.94. The fraction of sp³-hybridized carbons (Fsp3) is 0.684. The third kappa shape index (κ3) is 5.80. The normalized spacial score (nSPS) is 24.1. The molecule has 2 unspecified atom stereocenters. The van der Waals surface area contributed by atoms with E-state index < -0.39 is 0 Å². The Labute approximate surface area is 131 Å². The number of allylic oxidation sites excluding steroid dienone is 3. The van der Waals surface area contributed by atoms with Gasteiger partial charge in [-0.15, -0.1) is 0 Å². The zero-order valence-corrected chi connectivity index (χ0v) is 14.5. The van der Waals surface area contributed by atoms with E-state index in [1.165, 1.54) is 42.4 Å². The molecule has 0 radical (unpaired) electrons. The fourth-order valence-corrected chi connectivity index (χ4v) is 3.02. The van der Waals surface area contributed by atoms with E-state index in [2.05, 4.69) is 45.7 Å². The highest BCUT2D eigenvalue weighted by Crippen LogP contribution is 2.33. The SMILES string of the molecule is C=C(CNCC)C1CCC(CC/C(C)=C\C)=C(C)C(N)C1. The fourth-order valence-electron chi connectivity index (χ4n) is 3.02. The lowest BCUT2D eigenvalue weighted by molar-refractivity contribution is 0.486. The first-order valence-corrected chi connectivity index (χ1v) is 8.43. The van der Waals surface area contributed by atoms with Crippen molar-refractivity contribution in [3.8, 4) is 0 Å².